The number of methoxy groups -OCH3 is 1. The van der Waals surface area contributed by atoms with Gasteiger partial charge >= 0.3 is 5.97 Å². The lowest BCUT2D eigenvalue weighted by atomic mass is 9.84. The molecule has 0 radical (unpaired) electrons. The van der Waals surface area contributed by atoms with Crippen LogP contribution in [-0.2, 0) is 19.7 Å². The predicted octanol–water partition coefficient (Wildman–Crippen LogP) is 1.67. The molecule has 124 valence electrons. The van der Waals surface area contributed by atoms with Gasteiger partial charge in [-0.15, -0.1) is 0 Å². The van der Waals surface area contributed by atoms with Gasteiger partial charge < -0.3 is 4.74 Å². The Morgan fingerprint density at radius 2 is 1.90 bits per heavy atom. The van der Waals surface area contributed by atoms with Crippen LogP contribution in [0.5, 0.6) is 0 Å². The Bertz CT molecular complexity index is 417. The summed E-state index contributed by atoms with van der Waals surface area (Å²) in [6, 6.07) is 0.0173. The van der Waals surface area contributed by atoms with E-state index in [0.29, 0.717) is 0 Å². The van der Waals surface area contributed by atoms with Gasteiger partial charge in [0.15, 0.2) is 0 Å². The summed E-state index contributed by atoms with van der Waals surface area (Å²) in [6.45, 7) is 2.32. The molecule has 1 N–H and O–H groups in total. The first-order chi connectivity index (χ1) is 9.89. The summed E-state index contributed by atoms with van der Waals surface area (Å²) in [4.78, 5) is 11.1. The summed E-state index contributed by atoms with van der Waals surface area (Å²) in [5, 5.41) is 0. The van der Waals surface area contributed by atoms with Crippen LogP contribution in [0.3, 0.4) is 0 Å². The first-order valence-corrected chi connectivity index (χ1v) is 9.13. The van der Waals surface area contributed by atoms with E-state index >= 15 is 0 Å². The second-order valence-corrected chi connectivity index (χ2v) is 7.59. The SMILES string of the molecule is CCCC1CCC(NS(=O)(=O)N(C)CCC(=O)OC)CC1. The van der Waals surface area contributed by atoms with E-state index in [1.807, 2.05) is 0 Å². The maximum absolute atomic E-state index is 12.2. The van der Waals surface area contributed by atoms with Crippen LogP contribution in [0.4, 0.5) is 0 Å². The van der Waals surface area contributed by atoms with Crippen LogP contribution < -0.4 is 4.72 Å². The fourth-order valence-corrected chi connectivity index (χ4v) is 3.92. The molecule has 1 fully saturated rings. The third kappa shape index (κ3) is 6.32. The molecule has 0 aromatic heterocycles. The Morgan fingerprint density at radius 3 is 2.43 bits per heavy atom. The summed E-state index contributed by atoms with van der Waals surface area (Å²) in [6.07, 6.45) is 6.47. The van der Waals surface area contributed by atoms with Crippen molar-refractivity contribution in [3.8, 4) is 0 Å². The molecule has 1 aliphatic rings. The highest BCUT2D eigenvalue weighted by atomic mass is 32.2. The largest absolute Gasteiger partial charge is 0.469 e. The number of esters is 1. The Balaban J connectivity index is 2.40. The van der Waals surface area contributed by atoms with Crippen LogP contribution in [0.2, 0.25) is 0 Å². The van der Waals surface area contributed by atoms with Gasteiger partial charge in [0.2, 0.25) is 0 Å². The molecule has 0 unspecified atom stereocenters. The highest BCUT2D eigenvalue weighted by Gasteiger charge is 2.26. The molecule has 0 saturated heterocycles. The molecule has 0 aliphatic heterocycles. The Labute approximate surface area is 128 Å². The van der Waals surface area contributed by atoms with Crippen molar-refractivity contribution in [1.29, 1.82) is 0 Å². The van der Waals surface area contributed by atoms with E-state index in [0.717, 1.165) is 31.6 Å². The second kappa shape index (κ2) is 8.70. The Hall–Kier alpha value is -0.660. The predicted molar refractivity (Wildman–Crippen MR) is 82.0 cm³/mol. The normalized spacial score (nSPS) is 23.2. The van der Waals surface area contributed by atoms with Crippen molar-refractivity contribution in [3.63, 3.8) is 0 Å². The van der Waals surface area contributed by atoms with Crippen molar-refractivity contribution in [2.24, 2.45) is 5.92 Å². The molecule has 0 heterocycles. The zero-order valence-electron chi connectivity index (χ0n) is 13.3. The molecule has 0 bridgehead atoms. The van der Waals surface area contributed by atoms with Crippen molar-refractivity contribution in [2.75, 3.05) is 20.7 Å². The lowest BCUT2D eigenvalue weighted by Gasteiger charge is -2.30. The van der Waals surface area contributed by atoms with Crippen molar-refractivity contribution in [2.45, 2.75) is 57.9 Å². The van der Waals surface area contributed by atoms with Crippen molar-refractivity contribution in [1.82, 2.24) is 9.03 Å². The fraction of sp³-hybridized carbons (Fsp3) is 0.929. The average Bonchev–Trinajstić information content (AvgIpc) is 2.46. The number of carbonyl (C=O) groups excluding carboxylic acids is 1. The number of hydrogen-bond donors (Lipinski definition) is 1. The van der Waals surface area contributed by atoms with Gasteiger partial charge in [0.05, 0.1) is 13.5 Å². The van der Waals surface area contributed by atoms with Crippen molar-refractivity contribution >= 4 is 16.2 Å². The van der Waals surface area contributed by atoms with Crippen molar-refractivity contribution in [3.05, 3.63) is 0 Å². The van der Waals surface area contributed by atoms with Gasteiger partial charge in [-0.25, -0.2) is 0 Å². The third-order valence-electron chi connectivity index (χ3n) is 4.13. The average molecular weight is 320 g/mol. The molecule has 1 rings (SSSR count). The molecular weight excluding hydrogens is 292 g/mol. The molecule has 0 aromatic carbocycles. The van der Waals surface area contributed by atoms with Gasteiger partial charge in [-0.2, -0.15) is 17.4 Å². The smallest absolute Gasteiger partial charge is 0.306 e. The van der Waals surface area contributed by atoms with E-state index in [9.17, 15) is 13.2 Å². The zero-order valence-corrected chi connectivity index (χ0v) is 14.1. The molecule has 0 aromatic rings. The summed E-state index contributed by atoms with van der Waals surface area (Å²) < 4.78 is 32.8. The minimum absolute atomic E-state index is 0.0173. The van der Waals surface area contributed by atoms with Gasteiger partial charge in [0, 0.05) is 19.6 Å². The van der Waals surface area contributed by atoms with Gasteiger partial charge in [0.25, 0.3) is 10.2 Å². The van der Waals surface area contributed by atoms with Gasteiger partial charge in [0.1, 0.15) is 0 Å². The molecule has 6 nitrogen and oxygen atoms in total. The molecule has 1 saturated carbocycles. The molecular formula is C14H28N2O4S. The highest BCUT2D eigenvalue weighted by Crippen LogP contribution is 2.28. The number of ether oxygens (including phenoxy) is 1. The van der Waals surface area contributed by atoms with Crippen LogP contribution in [0.1, 0.15) is 51.9 Å². The van der Waals surface area contributed by atoms with E-state index in [4.69, 9.17) is 0 Å². The van der Waals surface area contributed by atoms with E-state index in [1.165, 1.54) is 31.3 Å². The lowest BCUT2D eigenvalue weighted by molar-refractivity contribution is -0.140. The number of hydrogen-bond acceptors (Lipinski definition) is 4. The highest BCUT2D eigenvalue weighted by molar-refractivity contribution is 7.87. The minimum Gasteiger partial charge on any atom is -0.469 e. The molecule has 0 spiro atoms. The van der Waals surface area contributed by atoms with Crippen LogP contribution in [0, 0.1) is 5.92 Å². The summed E-state index contributed by atoms with van der Waals surface area (Å²) in [5.41, 5.74) is 0. The number of nitrogens with zero attached hydrogens (tertiary/aromatic N) is 1. The quantitative estimate of drug-likeness (QED) is 0.690. The van der Waals surface area contributed by atoms with E-state index in [1.54, 1.807) is 0 Å². The number of nitrogens with one attached hydrogen (secondary N) is 1. The minimum atomic E-state index is -3.52. The molecule has 21 heavy (non-hydrogen) atoms. The third-order valence-corrected chi connectivity index (χ3v) is 5.76. The topological polar surface area (TPSA) is 75.7 Å². The standard InChI is InChI=1S/C14H28N2O4S/c1-4-5-12-6-8-13(9-7-12)15-21(18,19)16(2)11-10-14(17)20-3/h12-13,15H,4-11H2,1-3H3. The first-order valence-electron chi connectivity index (χ1n) is 7.69. The second-order valence-electron chi connectivity index (χ2n) is 5.78. The van der Waals surface area contributed by atoms with E-state index in [2.05, 4.69) is 16.4 Å². The van der Waals surface area contributed by atoms with Crippen LogP contribution in [0.15, 0.2) is 0 Å². The maximum Gasteiger partial charge on any atom is 0.306 e. The van der Waals surface area contributed by atoms with Gasteiger partial charge in [-0.3, -0.25) is 4.79 Å². The molecule has 0 amide bonds. The number of rotatable bonds is 8. The van der Waals surface area contributed by atoms with E-state index < -0.39 is 16.2 Å². The lowest BCUT2D eigenvalue weighted by Crippen LogP contribution is -2.45. The summed E-state index contributed by atoms with van der Waals surface area (Å²) in [7, 11) is -0.742. The summed E-state index contributed by atoms with van der Waals surface area (Å²) >= 11 is 0. The fourth-order valence-electron chi connectivity index (χ4n) is 2.75. The van der Waals surface area contributed by atoms with Crippen molar-refractivity contribution < 1.29 is 17.9 Å². The zero-order chi connectivity index (χ0) is 15.9. The molecule has 1 aliphatic carbocycles. The molecule has 7 heteroatoms. The Morgan fingerprint density at radius 1 is 1.29 bits per heavy atom. The Kier molecular flexibility index (Phi) is 7.62. The van der Waals surface area contributed by atoms with Crippen LogP contribution in [-0.4, -0.2) is 45.4 Å². The van der Waals surface area contributed by atoms with Gasteiger partial charge in [-0.1, -0.05) is 19.8 Å². The maximum atomic E-state index is 12.2. The van der Waals surface area contributed by atoms with E-state index in [-0.39, 0.29) is 19.0 Å². The van der Waals surface area contributed by atoms with Crippen LogP contribution in [0.25, 0.3) is 0 Å². The monoisotopic (exact) mass is 320 g/mol. The summed E-state index contributed by atoms with van der Waals surface area (Å²) in [5.74, 6) is 0.338. The number of carbonyl (C=O) groups is 1. The van der Waals surface area contributed by atoms with Gasteiger partial charge in [-0.05, 0) is 31.6 Å². The molecule has 0 atom stereocenters. The first kappa shape index (κ1) is 18.4. The van der Waals surface area contributed by atoms with Crippen LogP contribution >= 0.6 is 0 Å².